The van der Waals surface area contributed by atoms with Gasteiger partial charge in [-0.3, -0.25) is 9.89 Å². The molecule has 4 aromatic heterocycles. The molecule has 10 heteroatoms. The number of pyridine rings is 3. The fourth-order valence-corrected chi connectivity index (χ4v) is 4.45. The van der Waals surface area contributed by atoms with Gasteiger partial charge in [0, 0.05) is 40.2 Å². The number of nitriles is 1. The van der Waals surface area contributed by atoms with Gasteiger partial charge >= 0.3 is 0 Å². The molecule has 0 saturated carbocycles. The van der Waals surface area contributed by atoms with Crippen LogP contribution < -0.4 is 10.3 Å². The van der Waals surface area contributed by atoms with E-state index in [0.29, 0.717) is 22.4 Å². The predicted molar refractivity (Wildman–Crippen MR) is 139 cm³/mol. The molecule has 0 aliphatic heterocycles. The third-order valence-corrected chi connectivity index (χ3v) is 6.42. The van der Waals surface area contributed by atoms with Crippen molar-refractivity contribution in [1.29, 1.82) is 5.26 Å². The highest BCUT2D eigenvalue weighted by Crippen LogP contribution is 2.35. The summed E-state index contributed by atoms with van der Waals surface area (Å²) in [5, 5.41) is 28.1. The highest BCUT2D eigenvalue weighted by atomic mass is 35.5. The van der Waals surface area contributed by atoms with Crippen LogP contribution in [0.5, 0.6) is 11.6 Å². The molecule has 0 radical (unpaired) electrons. The van der Waals surface area contributed by atoms with Gasteiger partial charge in [-0.1, -0.05) is 23.7 Å². The molecule has 0 bridgehead atoms. The highest BCUT2D eigenvalue weighted by Gasteiger charge is 2.18. The molecule has 0 unspecified atom stereocenters. The fourth-order valence-electron chi connectivity index (χ4n) is 4.23. The number of benzene rings is 1. The van der Waals surface area contributed by atoms with Crippen LogP contribution in [-0.2, 0) is 13.2 Å². The van der Waals surface area contributed by atoms with E-state index in [1.165, 1.54) is 23.0 Å². The van der Waals surface area contributed by atoms with Crippen molar-refractivity contribution < 1.29 is 9.84 Å². The summed E-state index contributed by atoms with van der Waals surface area (Å²) in [6.45, 7) is 3.85. The zero-order valence-electron chi connectivity index (χ0n) is 20.0. The quantitative estimate of drug-likeness (QED) is 0.338. The second-order valence-corrected chi connectivity index (χ2v) is 8.94. The van der Waals surface area contributed by atoms with Gasteiger partial charge in [-0.25, -0.2) is 9.97 Å². The van der Waals surface area contributed by atoms with E-state index in [1.54, 1.807) is 12.3 Å². The van der Waals surface area contributed by atoms with E-state index in [0.717, 1.165) is 27.9 Å². The zero-order valence-corrected chi connectivity index (χ0v) is 20.7. The van der Waals surface area contributed by atoms with Gasteiger partial charge in [0.1, 0.15) is 29.5 Å². The molecule has 37 heavy (non-hydrogen) atoms. The first-order valence-corrected chi connectivity index (χ1v) is 11.7. The molecule has 9 nitrogen and oxygen atoms in total. The largest absolute Gasteiger partial charge is 0.493 e. The Hall–Kier alpha value is -4.68. The Kier molecular flexibility index (Phi) is 6.34. The maximum absolute atomic E-state index is 12.6. The van der Waals surface area contributed by atoms with Gasteiger partial charge < -0.3 is 14.4 Å². The lowest BCUT2D eigenvalue weighted by Crippen LogP contribution is -2.23. The molecule has 0 aliphatic carbocycles. The molecule has 0 atom stereocenters. The van der Waals surface area contributed by atoms with E-state index >= 15 is 0 Å². The number of aromatic nitrogens is 5. The lowest BCUT2D eigenvalue weighted by Gasteiger charge is -2.16. The Morgan fingerprint density at radius 2 is 2.03 bits per heavy atom. The van der Waals surface area contributed by atoms with Crippen LogP contribution >= 0.6 is 11.6 Å². The maximum atomic E-state index is 12.6. The van der Waals surface area contributed by atoms with Crippen molar-refractivity contribution in [1.82, 2.24) is 24.7 Å². The van der Waals surface area contributed by atoms with Gasteiger partial charge in [0.15, 0.2) is 0 Å². The van der Waals surface area contributed by atoms with E-state index < -0.39 is 5.56 Å². The molecular weight excluding hydrogens is 492 g/mol. The molecular formula is C27H21ClN6O3. The van der Waals surface area contributed by atoms with E-state index in [1.807, 2.05) is 44.2 Å². The number of H-pyrrole nitrogens is 1. The number of rotatable bonds is 6. The van der Waals surface area contributed by atoms with Gasteiger partial charge in [-0.05, 0) is 43.7 Å². The van der Waals surface area contributed by atoms with Crippen LogP contribution in [-0.4, -0.2) is 29.8 Å². The summed E-state index contributed by atoms with van der Waals surface area (Å²) >= 11 is 6.47. The normalized spacial score (nSPS) is 11.0. The van der Waals surface area contributed by atoms with Crippen LogP contribution in [0.4, 0.5) is 0 Å². The van der Waals surface area contributed by atoms with Crippen LogP contribution in [0.1, 0.15) is 27.9 Å². The third kappa shape index (κ3) is 4.50. The van der Waals surface area contributed by atoms with Gasteiger partial charge in [0.25, 0.3) is 5.56 Å². The topological polar surface area (TPSA) is 130 Å². The monoisotopic (exact) mass is 512 g/mol. The molecule has 4 heterocycles. The third-order valence-electron chi connectivity index (χ3n) is 6.09. The number of aryl methyl sites for hydroxylation is 2. The standard InChI is InChI=1S/C27H21ClN6O3/c1-15-11-31-33-24(15)19-9-16(2)32-25-18(19)6-3-7-23(25)37-14-21-20(26(35)30-12-22(21)28)13-34-8-4-5-17(10-29)27(34)36/h3-9,11-12H,13-14H2,1-2H3,(H,30,35)(H,31,33). The number of hydrogen-bond donors (Lipinski definition) is 2. The Morgan fingerprint density at radius 3 is 2.78 bits per heavy atom. The van der Waals surface area contributed by atoms with E-state index in [4.69, 9.17) is 21.3 Å². The summed E-state index contributed by atoms with van der Waals surface area (Å²) < 4.78 is 7.52. The number of para-hydroxylation sites is 1. The molecule has 0 saturated heterocycles. The highest BCUT2D eigenvalue weighted by molar-refractivity contribution is 6.31. The summed E-state index contributed by atoms with van der Waals surface area (Å²) in [5.74, 6) is 0.253. The average molecular weight is 513 g/mol. The maximum Gasteiger partial charge on any atom is 0.268 e. The van der Waals surface area contributed by atoms with Gasteiger partial charge in [-0.15, -0.1) is 0 Å². The fraction of sp³-hybridized carbons (Fsp3) is 0.148. The SMILES string of the molecule is Cc1cc(-c2[nH]ncc2C)c2cccc(OCc3c(Cl)cnc(O)c3Cn3cccc(C#N)c3=O)c2n1. The lowest BCUT2D eigenvalue weighted by atomic mass is 10.0. The Balaban J connectivity index is 1.54. The van der Waals surface area contributed by atoms with Crippen molar-refractivity contribution in [3.8, 4) is 29.0 Å². The molecule has 5 rings (SSSR count). The minimum atomic E-state index is -0.480. The van der Waals surface area contributed by atoms with Crippen LogP contribution in [0, 0.1) is 25.2 Å². The number of ether oxygens (including phenoxy) is 1. The van der Waals surface area contributed by atoms with Crippen molar-refractivity contribution in [2.45, 2.75) is 27.0 Å². The molecule has 5 aromatic rings. The van der Waals surface area contributed by atoms with Crippen LogP contribution in [0.2, 0.25) is 5.02 Å². The Labute approximate surface area is 216 Å². The van der Waals surface area contributed by atoms with Crippen molar-refractivity contribution in [3.63, 3.8) is 0 Å². The number of nitrogens with zero attached hydrogens (tertiary/aromatic N) is 5. The van der Waals surface area contributed by atoms with E-state index in [-0.39, 0.29) is 29.6 Å². The van der Waals surface area contributed by atoms with E-state index in [2.05, 4.69) is 15.2 Å². The number of aromatic hydroxyl groups is 1. The summed E-state index contributed by atoms with van der Waals surface area (Å²) in [6.07, 6.45) is 4.64. The van der Waals surface area contributed by atoms with Crippen molar-refractivity contribution in [3.05, 3.63) is 98.3 Å². The minimum Gasteiger partial charge on any atom is -0.493 e. The molecule has 0 fully saturated rings. The first-order valence-electron chi connectivity index (χ1n) is 11.4. The van der Waals surface area contributed by atoms with Gasteiger partial charge in [-0.2, -0.15) is 10.4 Å². The Morgan fingerprint density at radius 1 is 1.19 bits per heavy atom. The molecule has 2 N–H and O–H groups in total. The smallest absolute Gasteiger partial charge is 0.268 e. The van der Waals surface area contributed by atoms with Crippen molar-refractivity contribution in [2.75, 3.05) is 0 Å². The minimum absolute atomic E-state index is 0.00437. The molecule has 1 aromatic carbocycles. The lowest BCUT2D eigenvalue weighted by molar-refractivity contribution is 0.306. The van der Waals surface area contributed by atoms with E-state index in [9.17, 15) is 15.2 Å². The summed E-state index contributed by atoms with van der Waals surface area (Å²) in [6, 6.07) is 12.6. The second-order valence-electron chi connectivity index (χ2n) is 8.53. The molecule has 0 aliphatic rings. The number of nitrogens with one attached hydrogen (secondary N) is 1. The number of fused-ring (bicyclic) bond motifs is 1. The average Bonchev–Trinajstić information content (AvgIpc) is 3.32. The summed E-state index contributed by atoms with van der Waals surface area (Å²) in [5.41, 5.74) is 4.66. The number of halogens is 1. The predicted octanol–water partition coefficient (Wildman–Crippen LogP) is 4.66. The molecule has 0 spiro atoms. The molecule has 184 valence electrons. The molecule has 0 amide bonds. The zero-order chi connectivity index (χ0) is 26.1. The summed E-state index contributed by atoms with van der Waals surface area (Å²) in [4.78, 5) is 21.2. The van der Waals surface area contributed by atoms with Crippen molar-refractivity contribution in [2.24, 2.45) is 0 Å². The number of aromatic amines is 1. The van der Waals surface area contributed by atoms with Gasteiger partial charge in [0.05, 0.1) is 23.5 Å². The van der Waals surface area contributed by atoms with Crippen molar-refractivity contribution >= 4 is 22.5 Å². The van der Waals surface area contributed by atoms with Gasteiger partial charge in [0.2, 0.25) is 5.88 Å². The number of hydrogen-bond acceptors (Lipinski definition) is 7. The first-order chi connectivity index (χ1) is 17.9. The first kappa shape index (κ1) is 24.0. The van der Waals surface area contributed by atoms with Crippen LogP contribution in [0.3, 0.4) is 0 Å². The second kappa shape index (κ2) is 9.76. The Bertz CT molecular complexity index is 1750. The van der Waals surface area contributed by atoms with Crippen LogP contribution in [0.15, 0.2) is 59.8 Å². The summed E-state index contributed by atoms with van der Waals surface area (Å²) in [7, 11) is 0. The van der Waals surface area contributed by atoms with Crippen LogP contribution in [0.25, 0.3) is 22.2 Å².